The molecule has 1 saturated heterocycles. The molecule has 162 valence electrons. The number of hydrogen-bond acceptors (Lipinski definition) is 4. The van der Waals surface area contributed by atoms with E-state index in [0.29, 0.717) is 13.0 Å². The number of nitrogens with one attached hydrogen (secondary N) is 1. The fourth-order valence-corrected chi connectivity index (χ4v) is 4.04. The molecule has 3 atom stereocenters. The van der Waals surface area contributed by atoms with Gasteiger partial charge >= 0.3 is 6.09 Å². The second kappa shape index (κ2) is 10.1. The molecule has 0 aromatic heterocycles. The van der Waals surface area contributed by atoms with E-state index in [1.807, 2.05) is 58.0 Å². The van der Waals surface area contributed by atoms with Crippen LogP contribution in [0, 0.1) is 0 Å². The van der Waals surface area contributed by atoms with Crippen LogP contribution >= 0.6 is 0 Å². The standard InChI is InChI=1S/C22H35N3O4/c1-5-6-13-18(25(21(28)29)24-15-10-14-22(24,3)4)19(26)20(27)23-16(2)17-11-8-7-9-12-17/h7-9,11-12,16,18-19,26H,5-6,10,13-15H2,1-4H3,(H,23,27)(H,28,29)/t16?,18-,19?/m0/s1. The van der Waals surface area contributed by atoms with E-state index in [4.69, 9.17) is 0 Å². The number of unbranched alkanes of at least 4 members (excludes halogenated alkanes) is 1. The molecule has 1 aliphatic heterocycles. The Morgan fingerprint density at radius 3 is 2.45 bits per heavy atom. The van der Waals surface area contributed by atoms with Crippen molar-refractivity contribution in [3.8, 4) is 0 Å². The quantitative estimate of drug-likeness (QED) is 0.584. The molecule has 7 nitrogen and oxygen atoms in total. The fourth-order valence-electron chi connectivity index (χ4n) is 4.04. The molecule has 0 aliphatic carbocycles. The first-order chi connectivity index (χ1) is 13.7. The highest BCUT2D eigenvalue weighted by atomic mass is 16.4. The molecule has 0 bridgehead atoms. The van der Waals surface area contributed by atoms with Gasteiger partial charge in [0.25, 0.3) is 5.91 Å². The van der Waals surface area contributed by atoms with E-state index < -0.39 is 24.1 Å². The van der Waals surface area contributed by atoms with Gasteiger partial charge in [-0.25, -0.2) is 14.8 Å². The largest absolute Gasteiger partial charge is 0.464 e. The molecule has 29 heavy (non-hydrogen) atoms. The first kappa shape index (κ1) is 23.2. The van der Waals surface area contributed by atoms with E-state index >= 15 is 0 Å². The van der Waals surface area contributed by atoms with Gasteiger partial charge in [0.2, 0.25) is 0 Å². The molecule has 2 amide bonds. The summed E-state index contributed by atoms with van der Waals surface area (Å²) in [6.45, 7) is 8.44. The summed E-state index contributed by atoms with van der Waals surface area (Å²) in [4.78, 5) is 25.0. The number of amides is 2. The Morgan fingerprint density at radius 1 is 1.28 bits per heavy atom. The molecule has 1 aromatic rings. The third kappa shape index (κ3) is 5.70. The zero-order valence-electron chi connectivity index (χ0n) is 18.0. The van der Waals surface area contributed by atoms with Crippen molar-refractivity contribution < 1.29 is 19.8 Å². The lowest BCUT2D eigenvalue weighted by atomic mass is 10.0. The van der Waals surface area contributed by atoms with E-state index in [0.717, 1.165) is 31.2 Å². The minimum Gasteiger partial charge on any atom is -0.464 e. The maximum atomic E-state index is 12.8. The Labute approximate surface area is 173 Å². The van der Waals surface area contributed by atoms with Crippen LogP contribution in [0.4, 0.5) is 4.79 Å². The third-order valence-electron chi connectivity index (χ3n) is 5.77. The van der Waals surface area contributed by atoms with Gasteiger partial charge in [0.05, 0.1) is 12.1 Å². The van der Waals surface area contributed by atoms with Gasteiger partial charge < -0.3 is 15.5 Å². The summed E-state index contributed by atoms with van der Waals surface area (Å²) in [5.41, 5.74) is 0.588. The number of aliphatic hydroxyl groups excluding tert-OH is 1. The smallest absolute Gasteiger partial charge is 0.422 e. The monoisotopic (exact) mass is 405 g/mol. The van der Waals surface area contributed by atoms with Crippen LogP contribution in [0.2, 0.25) is 0 Å². The summed E-state index contributed by atoms with van der Waals surface area (Å²) in [5.74, 6) is -0.550. The average Bonchev–Trinajstić information content (AvgIpc) is 3.03. The number of hydrazine groups is 1. The van der Waals surface area contributed by atoms with Gasteiger partial charge in [0, 0.05) is 12.1 Å². The number of benzene rings is 1. The van der Waals surface area contributed by atoms with E-state index in [9.17, 15) is 19.8 Å². The summed E-state index contributed by atoms with van der Waals surface area (Å²) in [6, 6.07) is 8.38. The van der Waals surface area contributed by atoms with Crippen molar-refractivity contribution in [1.29, 1.82) is 0 Å². The minimum absolute atomic E-state index is 0.285. The molecular weight excluding hydrogens is 370 g/mol. The number of carbonyl (C=O) groups is 2. The third-order valence-corrected chi connectivity index (χ3v) is 5.77. The summed E-state index contributed by atoms with van der Waals surface area (Å²) >= 11 is 0. The predicted octanol–water partition coefficient (Wildman–Crippen LogP) is 3.55. The molecule has 1 heterocycles. The van der Waals surface area contributed by atoms with E-state index in [1.54, 1.807) is 5.01 Å². The van der Waals surface area contributed by atoms with E-state index in [2.05, 4.69) is 5.32 Å². The number of hydrogen-bond donors (Lipinski definition) is 3. The van der Waals surface area contributed by atoms with Crippen molar-refractivity contribution in [3.63, 3.8) is 0 Å². The first-order valence-electron chi connectivity index (χ1n) is 10.5. The predicted molar refractivity (Wildman–Crippen MR) is 112 cm³/mol. The highest BCUT2D eigenvalue weighted by molar-refractivity contribution is 5.82. The lowest BCUT2D eigenvalue weighted by Crippen LogP contribution is -2.62. The summed E-state index contributed by atoms with van der Waals surface area (Å²) in [5, 5.41) is 26.7. The van der Waals surface area contributed by atoms with Crippen LogP contribution in [0.5, 0.6) is 0 Å². The zero-order valence-corrected chi connectivity index (χ0v) is 18.0. The fraction of sp³-hybridized carbons (Fsp3) is 0.636. The number of carbonyl (C=O) groups excluding carboxylic acids is 1. The van der Waals surface area contributed by atoms with Crippen LogP contribution in [0.25, 0.3) is 0 Å². The highest BCUT2D eigenvalue weighted by Crippen LogP contribution is 2.32. The van der Waals surface area contributed by atoms with Gasteiger partial charge in [-0.05, 0) is 45.6 Å². The molecular formula is C22H35N3O4. The summed E-state index contributed by atoms with van der Waals surface area (Å²) in [7, 11) is 0. The molecule has 0 saturated carbocycles. The maximum Gasteiger partial charge on any atom is 0.422 e. The van der Waals surface area contributed by atoms with Crippen LogP contribution in [0.15, 0.2) is 30.3 Å². The number of aliphatic hydroxyl groups is 1. The second-order valence-electron chi connectivity index (χ2n) is 8.46. The van der Waals surface area contributed by atoms with E-state index in [1.165, 1.54) is 5.01 Å². The molecule has 2 rings (SSSR count). The van der Waals surface area contributed by atoms with Crippen LogP contribution in [-0.2, 0) is 4.79 Å². The van der Waals surface area contributed by atoms with Crippen molar-refractivity contribution in [3.05, 3.63) is 35.9 Å². The molecule has 1 fully saturated rings. The van der Waals surface area contributed by atoms with E-state index in [-0.39, 0.29) is 11.6 Å². The van der Waals surface area contributed by atoms with Crippen LogP contribution in [0.1, 0.15) is 71.4 Å². The van der Waals surface area contributed by atoms with Gasteiger partial charge in [-0.3, -0.25) is 4.79 Å². The summed E-state index contributed by atoms with van der Waals surface area (Å²) < 4.78 is 0. The van der Waals surface area contributed by atoms with Crippen molar-refractivity contribution >= 4 is 12.0 Å². The molecule has 7 heteroatoms. The van der Waals surface area contributed by atoms with Crippen LogP contribution in [0.3, 0.4) is 0 Å². The van der Waals surface area contributed by atoms with Gasteiger partial charge in [-0.2, -0.15) is 0 Å². The molecule has 3 N–H and O–H groups in total. The topological polar surface area (TPSA) is 93.1 Å². The minimum atomic E-state index is -1.44. The van der Waals surface area contributed by atoms with Crippen molar-refractivity contribution in [2.24, 2.45) is 0 Å². The average molecular weight is 406 g/mol. The van der Waals surface area contributed by atoms with Gasteiger partial charge in [-0.1, -0.05) is 50.1 Å². The number of nitrogens with zero attached hydrogens (tertiary/aromatic N) is 2. The van der Waals surface area contributed by atoms with Crippen LogP contribution in [-0.4, -0.2) is 56.5 Å². The normalized spacial score (nSPS) is 19.3. The van der Waals surface area contributed by atoms with Gasteiger partial charge in [0.1, 0.15) is 0 Å². The Hall–Kier alpha value is -2.12. The Morgan fingerprint density at radius 2 is 1.93 bits per heavy atom. The Balaban J connectivity index is 2.22. The number of carboxylic acid groups (broad SMARTS) is 1. The van der Waals surface area contributed by atoms with Crippen molar-refractivity contribution in [1.82, 2.24) is 15.3 Å². The van der Waals surface area contributed by atoms with Crippen molar-refractivity contribution in [2.75, 3.05) is 6.54 Å². The lowest BCUT2D eigenvalue weighted by Gasteiger charge is -2.44. The van der Waals surface area contributed by atoms with Gasteiger partial charge in [0.15, 0.2) is 6.10 Å². The lowest BCUT2D eigenvalue weighted by molar-refractivity contribution is -0.144. The molecule has 2 unspecified atom stereocenters. The molecule has 1 aromatic carbocycles. The number of rotatable bonds is 9. The Bertz CT molecular complexity index is 680. The Kier molecular flexibility index (Phi) is 8.05. The first-order valence-corrected chi connectivity index (χ1v) is 10.5. The highest BCUT2D eigenvalue weighted by Gasteiger charge is 2.44. The zero-order chi connectivity index (χ0) is 21.6. The molecule has 1 aliphatic rings. The molecule has 0 radical (unpaired) electrons. The SMILES string of the molecule is CCCC[C@@H](C(O)C(=O)NC(C)c1ccccc1)N(C(=O)O)N1CCCC1(C)C. The van der Waals surface area contributed by atoms with Crippen LogP contribution < -0.4 is 5.32 Å². The molecule has 0 spiro atoms. The van der Waals surface area contributed by atoms with Gasteiger partial charge in [-0.15, -0.1) is 0 Å². The maximum absolute atomic E-state index is 12.8. The summed E-state index contributed by atoms with van der Waals surface area (Å²) in [6.07, 6.45) is 1.16. The second-order valence-corrected chi connectivity index (χ2v) is 8.46. The van der Waals surface area contributed by atoms with Crippen molar-refractivity contribution in [2.45, 2.75) is 83.5 Å².